The van der Waals surface area contributed by atoms with Crippen molar-refractivity contribution in [1.29, 1.82) is 0 Å². The van der Waals surface area contributed by atoms with Crippen LogP contribution in [-0.2, 0) is 19.2 Å². The molecule has 1 N–H and O–H groups in total. The Morgan fingerprint density at radius 2 is 1.44 bits per heavy atom. The van der Waals surface area contributed by atoms with Crippen molar-refractivity contribution in [2.45, 2.75) is 65.5 Å². The van der Waals surface area contributed by atoms with Crippen LogP contribution < -0.4 is 4.74 Å². The van der Waals surface area contributed by atoms with Gasteiger partial charge in [-0.15, -0.1) is 0 Å². The van der Waals surface area contributed by atoms with Crippen molar-refractivity contribution in [3.63, 3.8) is 0 Å². The van der Waals surface area contributed by atoms with Crippen LogP contribution in [0.4, 0.5) is 0 Å². The highest BCUT2D eigenvalue weighted by Gasteiger charge is 2.63. The highest BCUT2D eigenvalue weighted by atomic mass is 16.5. The van der Waals surface area contributed by atoms with Gasteiger partial charge in [0.2, 0.25) is 23.6 Å². The number of hydrogen-bond donors (Lipinski definition) is 1. The summed E-state index contributed by atoms with van der Waals surface area (Å²) in [6, 6.07) is 5.00. The normalized spacial score (nSPS) is 31.0. The van der Waals surface area contributed by atoms with Crippen LogP contribution in [0.25, 0.3) is 6.08 Å². The number of phenolic OH excluding ortho intramolecular Hbond substituents is 1. The van der Waals surface area contributed by atoms with Crippen molar-refractivity contribution in [1.82, 2.24) is 9.80 Å². The van der Waals surface area contributed by atoms with E-state index in [4.69, 9.17) is 4.74 Å². The molecule has 3 fully saturated rings. The second-order valence-corrected chi connectivity index (χ2v) is 13.2. The predicted molar refractivity (Wildman–Crippen MR) is 145 cm³/mol. The Labute approximate surface area is 229 Å². The number of benzene rings is 1. The number of rotatable bonds is 3. The summed E-state index contributed by atoms with van der Waals surface area (Å²) in [7, 11) is 1.48. The molecule has 6 atom stereocenters. The molecule has 1 aromatic carbocycles. The fourth-order valence-electron chi connectivity index (χ4n) is 7.18. The zero-order valence-corrected chi connectivity index (χ0v) is 23.7. The number of methoxy groups -OCH3 is 1. The lowest BCUT2D eigenvalue weighted by Gasteiger charge is -2.43. The molecule has 2 aliphatic carbocycles. The van der Waals surface area contributed by atoms with Crippen LogP contribution in [0.2, 0.25) is 0 Å². The predicted octanol–water partition coefficient (Wildman–Crippen LogP) is 4.18. The Kier molecular flexibility index (Phi) is 6.31. The summed E-state index contributed by atoms with van der Waals surface area (Å²) >= 11 is 0. The number of allylic oxidation sites excluding steroid dienone is 3. The van der Waals surface area contributed by atoms with Crippen molar-refractivity contribution in [3.05, 3.63) is 41.5 Å². The van der Waals surface area contributed by atoms with Gasteiger partial charge >= 0.3 is 0 Å². The molecule has 0 bridgehead atoms. The van der Waals surface area contributed by atoms with Gasteiger partial charge in [0.15, 0.2) is 11.5 Å². The van der Waals surface area contributed by atoms with Crippen molar-refractivity contribution in [3.8, 4) is 11.5 Å². The molecule has 39 heavy (non-hydrogen) atoms. The summed E-state index contributed by atoms with van der Waals surface area (Å²) in [5.41, 5.74) is 0.429. The molecule has 6 unspecified atom stereocenters. The third-order valence-electron chi connectivity index (χ3n) is 8.74. The molecule has 208 valence electrons. The summed E-state index contributed by atoms with van der Waals surface area (Å²) in [6.45, 7) is 11.2. The number of imide groups is 2. The first-order valence-corrected chi connectivity index (χ1v) is 13.7. The summed E-state index contributed by atoms with van der Waals surface area (Å²) in [5.74, 6) is -3.17. The van der Waals surface area contributed by atoms with E-state index in [0.717, 1.165) is 11.1 Å². The molecule has 8 nitrogen and oxygen atoms in total. The molecule has 5 rings (SSSR count). The van der Waals surface area contributed by atoms with Gasteiger partial charge in [-0.3, -0.25) is 29.0 Å². The molecule has 1 aromatic rings. The zero-order chi connectivity index (χ0) is 28.6. The topological polar surface area (TPSA) is 104 Å². The number of aromatic hydroxyl groups is 1. The summed E-state index contributed by atoms with van der Waals surface area (Å²) < 4.78 is 5.25. The number of phenols is 1. The first-order chi connectivity index (χ1) is 18.2. The third kappa shape index (κ3) is 4.19. The monoisotopic (exact) mass is 534 g/mol. The van der Waals surface area contributed by atoms with Crippen molar-refractivity contribution in [2.75, 3.05) is 7.11 Å². The third-order valence-corrected chi connectivity index (χ3v) is 8.74. The lowest BCUT2D eigenvalue weighted by Crippen LogP contribution is -2.47. The number of likely N-dealkylation sites (tertiary alicyclic amines) is 2. The van der Waals surface area contributed by atoms with E-state index in [2.05, 4.69) is 0 Å². The molecule has 2 aliphatic heterocycles. The fraction of sp³-hybridized carbons (Fsp3) is 0.548. The molecule has 2 saturated heterocycles. The Morgan fingerprint density at radius 1 is 0.846 bits per heavy atom. The number of hydrogen-bond acceptors (Lipinski definition) is 6. The van der Waals surface area contributed by atoms with Crippen LogP contribution in [-0.4, -0.2) is 56.7 Å². The Bertz CT molecular complexity index is 1310. The van der Waals surface area contributed by atoms with Gasteiger partial charge in [-0.05, 0) is 78.0 Å². The first kappa shape index (κ1) is 27.2. The zero-order valence-electron chi connectivity index (χ0n) is 23.7. The molecule has 1 saturated carbocycles. The number of carbonyl (C=O) groups is 4. The lowest BCUT2D eigenvalue weighted by molar-refractivity contribution is -0.147. The van der Waals surface area contributed by atoms with Gasteiger partial charge < -0.3 is 9.84 Å². The second kappa shape index (κ2) is 9.07. The van der Waals surface area contributed by atoms with Gasteiger partial charge in [0.1, 0.15) is 0 Å². The van der Waals surface area contributed by atoms with Crippen LogP contribution in [0.5, 0.6) is 11.5 Å². The minimum Gasteiger partial charge on any atom is -0.504 e. The van der Waals surface area contributed by atoms with Crippen LogP contribution >= 0.6 is 0 Å². The maximum atomic E-state index is 13.8. The Balaban J connectivity index is 1.59. The molecule has 2 heterocycles. The molecule has 0 aromatic heterocycles. The average Bonchev–Trinajstić information content (AvgIpc) is 3.26. The Morgan fingerprint density at radius 3 is 2.03 bits per heavy atom. The minimum absolute atomic E-state index is 0.0266. The quantitative estimate of drug-likeness (QED) is 0.461. The van der Waals surface area contributed by atoms with Gasteiger partial charge in [0.25, 0.3) is 0 Å². The largest absolute Gasteiger partial charge is 0.504 e. The van der Waals surface area contributed by atoms with Crippen molar-refractivity contribution in [2.24, 2.45) is 35.5 Å². The maximum Gasteiger partial charge on any atom is 0.234 e. The van der Waals surface area contributed by atoms with Gasteiger partial charge in [-0.25, -0.2) is 0 Å². The smallest absolute Gasteiger partial charge is 0.234 e. The maximum absolute atomic E-state index is 13.8. The van der Waals surface area contributed by atoms with Crippen LogP contribution in [0.3, 0.4) is 0 Å². The number of amides is 4. The van der Waals surface area contributed by atoms with E-state index < -0.39 is 40.7 Å². The van der Waals surface area contributed by atoms with E-state index in [-0.39, 0.29) is 35.3 Å². The number of nitrogens with zero attached hydrogens (tertiary/aromatic N) is 2. The van der Waals surface area contributed by atoms with E-state index in [0.29, 0.717) is 18.6 Å². The molecular weight excluding hydrogens is 496 g/mol. The summed E-state index contributed by atoms with van der Waals surface area (Å²) in [4.78, 5) is 57.5. The first-order valence-electron chi connectivity index (χ1n) is 13.7. The molecule has 0 spiro atoms. The van der Waals surface area contributed by atoms with Gasteiger partial charge in [-0.2, -0.15) is 0 Å². The summed E-state index contributed by atoms with van der Waals surface area (Å²) in [6.07, 6.45) is 6.68. The van der Waals surface area contributed by atoms with E-state index in [1.54, 1.807) is 18.2 Å². The van der Waals surface area contributed by atoms with E-state index in [1.807, 2.05) is 59.8 Å². The molecule has 4 aliphatic rings. The number of fused-ring (bicyclic) bond motifs is 4. The minimum atomic E-state index is -0.672. The fourth-order valence-corrected chi connectivity index (χ4v) is 7.18. The highest BCUT2D eigenvalue weighted by molar-refractivity contribution is 6.08. The van der Waals surface area contributed by atoms with Gasteiger partial charge in [-0.1, -0.05) is 29.9 Å². The standard InChI is InChI=1S/C31H38N2O6/c1-30(2,3)32-26(35)19-12-11-17-18(10-8-16-9-13-22(34)23(14-16)39-7)24-21(15-20(17)25(19)29(32)38)27(36)33(28(24)37)31(4,5)6/h8-11,13-14,18-21,24-25,34H,12,15H2,1-7H3. The van der Waals surface area contributed by atoms with E-state index >= 15 is 0 Å². The molecular formula is C31H38N2O6. The SMILES string of the molecule is COc1cc(C=CC2C3=CCC4C(=O)N(C(C)(C)C)C(=O)C4C3CC3C(=O)N(C(C)(C)C)C(=O)C23)ccc1O. The van der Waals surface area contributed by atoms with Crippen LogP contribution in [0.1, 0.15) is 59.9 Å². The second-order valence-electron chi connectivity index (χ2n) is 13.2. The van der Waals surface area contributed by atoms with Crippen molar-refractivity contribution >= 4 is 29.7 Å². The van der Waals surface area contributed by atoms with Gasteiger partial charge in [0.05, 0.1) is 30.8 Å². The number of ether oxygens (including phenoxy) is 1. The molecule has 4 amide bonds. The average molecular weight is 535 g/mol. The molecule has 0 radical (unpaired) electrons. The van der Waals surface area contributed by atoms with Gasteiger partial charge in [0, 0.05) is 17.0 Å². The van der Waals surface area contributed by atoms with Crippen LogP contribution in [0, 0.1) is 35.5 Å². The Hall–Kier alpha value is -3.42. The molecule has 8 heteroatoms. The van der Waals surface area contributed by atoms with Crippen molar-refractivity contribution < 1.29 is 29.0 Å². The van der Waals surface area contributed by atoms with E-state index in [1.165, 1.54) is 16.9 Å². The van der Waals surface area contributed by atoms with E-state index in [9.17, 15) is 24.3 Å². The summed E-state index contributed by atoms with van der Waals surface area (Å²) in [5, 5.41) is 10.0. The van der Waals surface area contributed by atoms with Crippen LogP contribution in [0.15, 0.2) is 35.9 Å². The number of carbonyl (C=O) groups excluding carboxylic acids is 4. The lowest BCUT2D eigenvalue weighted by atomic mass is 9.58. The highest BCUT2D eigenvalue weighted by Crippen LogP contribution is 2.56.